The molecule has 0 heterocycles. The van der Waals surface area contributed by atoms with Crippen molar-refractivity contribution < 1.29 is 0 Å². The van der Waals surface area contributed by atoms with Gasteiger partial charge >= 0.3 is 0 Å². The van der Waals surface area contributed by atoms with Crippen molar-refractivity contribution in [1.82, 2.24) is 0 Å². The Kier molecular flexibility index (Phi) is 3.16. The van der Waals surface area contributed by atoms with E-state index in [-0.39, 0.29) is 18.9 Å². The van der Waals surface area contributed by atoms with Gasteiger partial charge in [0.2, 0.25) is 0 Å². The summed E-state index contributed by atoms with van der Waals surface area (Å²) in [6, 6.07) is 0. The molecule has 7 heavy (non-hydrogen) atoms. The van der Waals surface area contributed by atoms with Crippen molar-refractivity contribution >= 4 is 18.9 Å². The van der Waals surface area contributed by atoms with Gasteiger partial charge in [0, 0.05) is 18.9 Å². The first-order chi connectivity index (χ1) is 2.89. The second kappa shape index (κ2) is 3.13. The molecule has 0 aliphatic heterocycles. The molecule has 0 aromatic heterocycles. The summed E-state index contributed by atoms with van der Waals surface area (Å²) in [5.74, 6) is 0. The number of hydrogen-bond acceptors (Lipinski definition) is 0. The summed E-state index contributed by atoms with van der Waals surface area (Å²) in [6.07, 6.45) is 7.65. The quantitative estimate of drug-likeness (QED) is 0.393. The molecule has 0 aromatic carbocycles. The average Bonchev–Trinajstić information content (AvgIpc) is 1.86. The van der Waals surface area contributed by atoms with E-state index in [0.29, 0.717) is 0 Å². The Balaban J connectivity index is 0.000000360. The van der Waals surface area contributed by atoms with Gasteiger partial charge in [-0.2, -0.15) is 0 Å². The molecular weight excluding hydrogens is 79.0 g/mol. The standard InChI is InChI=1S/C6H8.Li/c1-6-4-2-3-5-6;/h2,4-5H,3H2,1H3;. The molecule has 1 heteroatoms. The molecule has 1 radical (unpaired) electrons. The average molecular weight is 87.1 g/mol. The van der Waals surface area contributed by atoms with E-state index in [1.807, 2.05) is 0 Å². The topological polar surface area (TPSA) is 0 Å². The van der Waals surface area contributed by atoms with E-state index in [0.717, 1.165) is 6.42 Å². The first kappa shape index (κ1) is 7.08. The largest absolute Gasteiger partial charge is 0.0805 e. The molecule has 0 saturated heterocycles. The van der Waals surface area contributed by atoms with Crippen molar-refractivity contribution in [2.75, 3.05) is 0 Å². The predicted octanol–water partition coefficient (Wildman–Crippen LogP) is 1.51. The fourth-order valence-electron chi connectivity index (χ4n) is 0.576. The van der Waals surface area contributed by atoms with Crippen LogP contribution in [0.3, 0.4) is 0 Å². The maximum atomic E-state index is 2.21. The van der Waals surface area contributed by atoms with Crippen LogP contribution in [-0.4, -0.2) is 18.9 Å². The Morgan fingerprint density at radius 3 is 2.43 bits per heavy atom. The molecule has 0 atom stereocenters. The van der Waals surface area contributed by atoms with Gasteiger partial charge in [0.1, 0.15) is 0 Å². The van der Waals surface area contributed by atoms with Gasteiger partial charge in [-0.05, 0) is 13.3 Å². The molecule has 1 aliphatic rings. The summed E-state index contributed by atoms with van der Waals surface area (Å²) in [4.78, 5) is 0. The normalized spacial score (nSPS) is 15.9. The molecule has 0 saturated carbocycles. The van der Waals surface area contributed by atoms with E-state index in [1.54, 1.807) is 0 Å². The minimum Gasteiger partial charge on any atom is -0.0805 e. The molecule has 0 amide bonds. The minimum absolute atomic E-state index is 0. The fourth-order valence-corrected chi connectivity index (χ4v) is 0.576. The predicted molar refractivity (Wildman–Crippen MR) is 33.3 cm³/mol. The zero-order chi connectivity index (χ0) is 4.41. The van der Waals surface area contributed by atoms with Gasteiger partial charge in [-0.3, -0.25) is 0 Å². The summed E-state index contributed by atoms with van der Waals surface area (Å²) in [7, 11) is 0. The van der Waals surface area contributed by atoms with E-state index in [2.05, 4.69) is 25.2 Å². The van der Waals surface area contributed by atoms with Crippen LogP contribution < -0.4 is 0 Å². The second-order valence-electron chi connectivity index (χ2n) is 1.59. The molecule has 0 unspecified atom stereocenters. The SMILES string of the molecule is CC1=CCC=C1.[Li]. The zero-order valence-corrected chi connectivity index (χ0v) is 4.94. The summed E-state index contributed by atoms with van der Waals surface area (Å²) in [5, 5.41) is 0. The second-order valence-corrected chi connectivity index (χ2v) is 1.59. The summed E-state index contributed by atoms with van der Waals surface area (Å²) < 4.78 is 0. The van der Waals surface area contributed by atoms with E-state index in [9.17, 15) is 0 Å². The Bertz CT molecular complexity index is 98.0. The van der Waals surface area contributed by atoms with Gasteiger partial charge in [-0.25, -0.2) is 0 Å². The molecule has 0 N–H and O–H groups in total. The Morgan fingerprint density at radius 2 is 2.29 bits per heavy atom. The number of rotatable bonds is 0. The third kappa shape index (κ3) is 2.02. The monoisotopic (exact) mass is 87.1 g/mol. The molecule has 0 fully saturated rings. The molecule has 1 rings (SSSR count). The first-order valence-corrected chi connectivity index (χ1v) is 2.23. The van der Waals surface area contributed by atoms with Gasteiger partial charge in [0.05, 0.1) is 0 Å². The van der Waals surface area contributed by atoms with Crippen LogP contribution >= 0.6 is 0 Å². The van der Waals surface area contributed by atoms with Gasteiger partial charge in [-0.15, -0.1) is 0 Å². The summed E-state index contributed by atoms with van der Waals surface area (Å²) in [5.41, 5.74) is 1.40. The van der Waals surface area contributed by atoms with E-state index in [1.165, 1.54) is 5.57 Å². The van der Waals surface area contributed by atoms with Crippen LogP contribution in [0.5, 0.6) is 0 Å². The molecule has 33 valence electrons. The maximum absolute atomic E-state index is 2.21. The van der Waals surface area contributed by atoms with Gasteiger partial charge in [0.25, 0.3) is 0 Å². The Morgan fingerprint density at radius 1 is 1.57 bits per heavy atom. The van der Waals surface area contributed by atoms with Crippen LogP contribution in [0.1, 0.15) is 13.3 Å². The minimum atomic E-state index is 0. The Labute approximate surface area is 56.5 Å². The van der Waals surface area contributed by atoms with E-state index in [4.69, 9.17) is 0 Å². The van der Waals surface area contributed by atoms with Crippen molar-refractivity contribution in [2.24, 2.45) is 0 Å². The maximum Gasteiger partial charge on any atom is 0 e. The van der Waals surface area contributed by atoms with Crippen LogP contribution in [0.2, 0.25) is 0 Å². The molecule has 0 aromatic rings. The molecule has 0 spiro atoms. The van der Waals surface area contributed by atoms with E-state index < -0.39 is 0 Å². The first-order valence-electron chi connectivity index (χ1n) is 2.23. The van der Waals surface area contributed by atoms with Gasteiger partial charge in [0.15, 0.2) is 0 Å². The van der Waals surface area contributed by atoms with Crippen molar-refractivity contribution in [1.29, 1.82) is 0 Å². The van der Waals surface area contributed by atoms with Crippen LogP contribution in [0, 0.1) is 0 Å². The van der Waals surface area contributed by atoms with E-state index >= 15 is 0 Å². The number of hydrogen-bond donors (Lipinski definition) is 0. The summed E-state index contributed by atoms with van der Waals surface area (Å²) >= 11 is 0. The van der Waals surface area contributed by atoms with Crippen LogP contribution in [0.15, 0.2) is 23.8 Å². The van der Waals surface area contributed by atoms with Crippen LogP contribution in [0.25, 0.3) is 0 Å². The fraction of sp³-hybridized carbons (Fsp3) is 0.333. The van der Waals surface area contributed by atoms with Crippen molar-refractivity contribution in [3.8, 4) is 0 Å². The van der Waals surface area contributed by atoms with Crippen molar-refractivity contribution in [3.63, 3.8) is 0 Å². The smallest absolute Gasteiger partial charge is 0 e. The van der Waals surface area contributed by atoms with Crippen LogP contribution in [0.4, 0.5) is 0 Å². The van der Waals surface area contributed by atoms with Crippen LogP contribution in [-0.2, 0) is 0 Å². The summed E-state index contributed by atoms with van der Waals surface area (Å²) in [6.45, 7) is 2.11. The molecule has 0 bridgehead atoms. The van der Waals surface area contributed by atoms with Gasteiger partial charge < -0.3 is 0 Å². The molecule has 1 aliphatic carbocycles. The number of allylic oxidation sites excluding steroid dienone is 4. The van der Waals surface area contributed by atoms with Crippen molar-refractivity contribution in [3.05, 3.63) is 23.8 Å². The molecular formula is C6H8Li. The zero-order valence-electron chi connectivity index (χ0n) is 4.94. The third-order valence-corrected chi connectivity index (χ3v) is 0.957. The third-order valence-electron chi connectivity index (χ3n) is 0.957. The Hall–Kier alpha value is 0.0774. The molecule has 0 nitrogen and oxygen atoms in total. The van der Waals surface area contributed by atoms with Crippen molar-refractivity contribution in [2.45, 2.75) is 13.3 Å². The van der Waals surface area contributed by atoms with Gasteiger partial charge in [-0.1, -0.05) is 23.8 Å².